The molecule has 8 heteroatoms. The van der Waals surface area contributed by atoms with Crippen LogP contribution in [0.5, 0.6) is 0 Å². The predicted octanol–water partition coefficient (Wildman–Crippen LogP) is 0.143. The summed E-state index contributed by atoms with van der Waals surface area (Å²) in [7, 11) is -3.55. The van der Waals surface area contributed by atoms with Crippen LogP contribution in [0.3, 0.4) is 0 Å². The molecule has 0 spiro atoms. The summed E-state index contributed by atoms with van der Waals surface area (Å²) in [6, 6.07) is 8.25. The van der Waals surface area contributed by atoms with Gasteiger partial charge in [0.05, 0.1) is 23.1 Å². The second kappa shape index (κ2) is 6.89. The second-order valence-corrected chi connectivity index (χ2v) is 8.10. The third-order valence-corrected chi connectivity index (χ3v) is 6.17. The molecule has 2 aliphatic rings. The summed E-state index contributed by atoms with van der Waals surface area (Å²) in [5, 5.41) is 11.7. The summed E-state index contributed by atoms with van der Waals surface area (Å²) in [5.41, 5.74) is 0.431. The lowest BCUT2D eigenvalue weighted by atomic mass is 10.2. The van der Waals surface area contributed by atoms with E-state index in [0.29, 0.717) is 44.3 Å². The molecule has 0 radical (unpaired) electrons. The molecule has 1 aromatic rings. The van der Waals surface area contributed by atoms with Crippen LogP contribution >= 0.6 is 0 Å². The Labute approximate surface area is 141 Å². The molecule has 1 aliphatic carbocycles. The van der Waals surface area contributed by atoms with Crippen LogP contribution in [0.25, 0.3) is 0 Å². The average Bonchev–Trinajstić information content (AvgIpc) is 3.39. The molecule has 24 heavy (non-hydrogen) atoms. The van der Waals surface area contributed by atoms with Crippen molar-refractivity contribution in [2.45, 2.75) is 23.8 Å². The highest BCUT2D eigenvalue weighted by atomic mass is 32.2. The fraction of sp³-hybridized carbons (Fsp3) is 0.500. The Kier molecular flexibility index (Phi) is 4.85. The zero-order valence-corrected chi connectivity index (χ0v) is 14.1. The first-order valence-electron chi connectivity index (χ1n) is 8.01. The lowest BCUT2D eigenvalue weighted by molar-refractivity contribution is -0.122. The molecule has 128 valence electrons. The monoisotopic (exact) mass is 348 g/mol. The van der Waals surface area contributed by atoms with E-state index in [9.17, 15) is 13.2 Å². The number of nitrogens with zero attached hydrogens (tertiary/aromatic N) is 3. The van der Waals surface area contributed by atoms with E-state index in [1.165, 1.54) is 28.6 Å². The van der Waals surface area contributed by atoms with E-state index in [2.05, 4.69) is 5.32 Å². The van der Waals surface area contributed by atoms with E-state index in [1.54, 1.807) is 0 Å². The van der Waals surface area contributed by atoms with Crippen LogP contribution in [-0.2, 0) is 14.8 Å². The maximum atomic E-state index is 12.6. The van der Waals surface area contributed by atoms with Crippen molar-refractivity contribution in [2.75, 3.05) is 32.7 Å². The zero-order valence-electron chi connectivity index (χ0n) is 13.3. The molecule has 1 aromatic carbocycles. The minimum absolute atomic E-state index is 0.0147. The summed E-state index contributed by atoms with van der Waals surface area (Å²) in [4.78, 5) is 14.0. The minimum atomic E-state index is -3.55. The molecule has 7 nitrogen and oxygen atoms in total. The van der Waals surface area contributed by atoms with Crippen molar-refractivity contribution in [1.29, 1.82) is 5.26 Å². The number of nitrogens with one attached hydrogen (secondary N) is 1. The lowest BCUT2D eigenvalue weighted by Crippen LogP contribution is -2.51. The number of carbonyl (C=O) groups excluding carboxylic acids is 1. The summed E-state index contributed by atoms with van der Waals surface area (Å²) >= 11 is 0. The molecular weight excluding hydrogens is 328 g/mol. The van der Waals surface area contributed by atoms with Gasteiger partial charge in [-0.2, -0.15) is 9.57 Å². The fourth-order valence-corrected chi connectivity index (χ4v) is 4.10. The number of piperazine rings is 1. The topological polar surface area (TPSA) is 93.5 Å². The van der Waals surface area contributed by atoms with Gasteiger partial charge in [-0.3, -0.25) is 9.69 Å². The van der Waals surface area contributed by atoms with Crippen molar-refractivity contribution >= 4 is 15.9 Å². The summed E-state index contributed by atoms with van der Waals surface area (Å²) in [6.45, 7) is 2.11. The van der Waals surface area contributed by atoms with Crippen LogP contribution in [0.15, 0.2) is 29.2 Å². The molecule has 1 N–H and O–H groups in total. The summed E-state index contributed by atoms with van der Waals surface area (Å²) in [6.07, 6.45) is 2.12. The third-order valence-electron chi connectivity index (χ3n) is 4.26. The Hall–Kier alpha value is -1.95. The van der Waals surface area contributed by atoms with Gasteiger partial charge in [0.15, 0.2) is 0 Å². The largest absolute Gasteiger partial charge is 0.352 e. The third kappa shape index (κ3) is 3.93. The van der Waals surface area contributed by atoms with Crippen LogP contribution in [-0.4, -0.2) is 62.3 Å². The molecule has 2 fully saturated rings. The first-order valence-corrected chi connectivity index (χ1v) is 9.45. The number of sulfonamides is 1. The van der Waals surface area contributed by atoms with Gasteiger partial charge in [-0.15, -0.1) is 0 Å². The number of benzene rings is 1. The number of hydrogen-bond acceptors (Lipinski definition) is 5. The summed E-state index contributed by atoms with van der Waals surface area (Å²) in [5.74, 6) is 0.0147. The highest BCUT2D eigenvalue weighted by Crippen LogP contribution is 2.19. The van der Waals surface area contributed by atoms with Crippen molar-refractivity contribution in [3.63, 3.8) is 0 Å². The number of amides is 1. The Morgan fingerprint density at radius 1 is 1.17 bits per heavy atom. The van der Waals surface area contributed by atoms with E-state index in [-0.39, 0.29) is 10.8 Å². The highest BCUT2D eigenvalue weighted by molar-refractivity contribution is 7.89. The van der Waals surface area contributed by atoms with E-state index >= 15 is 0 Å². The molecule has 1 amide bonds. The molecule has 1 saturated carbocycles. The number of rotatable bonds is 5. The van der Waals surface area contributed by atoms with Crippen LogP contribution in [0.2, 0.25) is 0 Å². The van der Waals surface area contributed by atoms with E-state index < -0.39 is 10.0 Å². The van der Waals surface area contributed by atoms with Crippen molar-refractivity contribution in [3.05, 3.63) is 29.8 Å². The van der Waals surface area contributed by atoms with Gasteiger partial charge in [-0.25, -0.2) is 8.42 Å². The van der Waals surface area contributed by atoms with Crippen molar-refractivity contribution in [3.8, 4) is 6.07 Å². The average molecular weight is 348 g/mol. The second-order valence-electron chi connectivity index (χ2n) is 6.16. The number of hydrogen-bond donors (Lipinski definition) is 1. The molecule has 1 saturated heterocycles. The van der Waals surface area contributed by atoms with Gasteiger partial charge in [-0.1, -0.05) is 0 Å². The van der Waals surface area contributed by atoms with Gasteiger partial charge in [0, 0.05) is 32.2 Å². The molecule has 0 bridgehead atoms. The molecule has 0 atom stereocenters. The molecular formula is C16H20N4O3S. The van der Waals surface area contributed by atoms with Gasteiger partial charge in [0.25, 0.3) is 0 Å². The minimum Gasteiger partial charge on any atom is -0.352 e. The van der Waals surface area contributed by atoms with Crippen molar-refractivity contribution in [1.82, 2.24) is 14.5 Å². The van der Waals surface area contributed by atoms with Gasteiger partial charge in [0.2, 0.25) is 15.9 Å². The van der Waals surface area contributed by atoms with Gasteiger partial charge < -0.3 is 5.32 Å². The number of nitriles is 1. The molecule has 3 rings (SSSR count). The van der Waals surface area contributed by atoms with Crippen LogP contribution < -0.4 is 5.32 Å². The first-order chi connectivity index (χ1) is 11.5. The smallest absolute Gasteiger partial charge is 0.243 e. The Morgan fingerprint density at radius 2 is 1.79 bits per heavy atom. The predicted molar refractivity (Wildman–Crippen MR) is 87.5 cm³/mol. The van der Waals surface area contributed by atoms with E-state index in [4.69, 9.17) is 5.26 Å². The van der Waals surface area contributed by atoms with Crippen molar-refractivity contribution < 1.29 is 13.2 Å². The standard InChI is InChI=1S/C16H20N4O3S/c17-11-13-1-5-15(6-2-13)24(22,23)20-9-7-19(8-10-20)12-16(21)18-14-3-4-14/h1-2,5-6,14H,3-4,7-10,12H2,(H,18,21). The van der Waals surface area contributed by atoms with Crippen LogP contribution in [0.4, 0.5) is 0 Å². The van der Waals surface area contributed by atoms with Crippen molar-refractivity contribution in [2.24, 2.45) is 0 Å². The molecule has 1 heterocycles. The van der Waals surface area contributed by atoms with Crippen LogP contribution in [0, 0.1) is 11.3 Å². The first kappa shape index (κ1) is 16.9. The van der Waals surface area contributed by atoms with Crippen LogP contribution in [0.1, 0.15) is 18.4 Å². The molecule has 1 aliphatic heterocycles. The van der Waals surface area contributed by atoms with Gasteiger partial charge in [-0.05, 0) is 37.1 Å². The normalized spacial score (nSPS) is 19.6. The summed E-state index contributed by atoms with van der Waals surface area (Å²) < 4.78 is 26.7. The number of carbonyl (C=O) groups is 1. The van der Waals surface area contributed by atoms with E-state index in [0.717, 1.165) is 12.8 Å². The highest BCUT2D eigenvalue weighted by Gasteiger charge is 2.30. The molecule has 0 unspecified atom stereocenters. The lowest BCUT2D eigenvalue weighted by Gasteiger charge is -2.33. The maximum absolute atomic E-state index is 12.6. The SMILES string of the molecule is N#Cc1ccc(S(=O)(=O)N2CCN(CC(=O)NC3CC3)CC2)cc1. The quantitative estimate of drug-likeness (QED) is 0.817. The Bertz CT molecular complexity index is 743. The Morgan fingerprint density at radius 3 is 2.33 bits per heavy atom. The van der Waals surface area contributed by atoms with E-state index in [1.807, 2.05) is 11.0 Å². The Balaban J connectivity index is 1.56. The molecule has 0 aromatic heterocycles. The zero-order chi connectivity index (χ0) is 17.2. The fourth-order valence-electron chi connectivity index (χ4n) is 2.68. The van der Waals surface area contributed by atoms with Gasteiger partial charge >= 0.3 is 0 Å². The van der Waals surface area contributed by atoms with Gasteiger partial charge in [0.1, 0.15) is 0 Å². The maximum Gasteiger partial charge on any atom is 0.243 e.